The Morgan fingerprint density at radius 1 is 1.38 bits per heavy atom. The van der Waals surface area contributed by atoms with Gasteiger partial charge in [0.1, 0.15) is 5.75 Å². The zero-order valence-corrected chi connectivity index (χ0v) is 9.12. The standard InChI is InChI=1S/C12H15F2NO/c1-8-6-11(8)15-7-9-2-4-10(5-3-9)16-12(13)14/h2-5,8,11-12,15H,6-7H2,1H3. The van der Waals surface area contributed by atoms with Gasteiger partial charge in [-0.3, -0.25) is 0 Å². The summed E-state index contributed by atoms with van der Waals surface area (Å²) in [4.78, 5) is 0. The fourth-order valence-electron chi connectivity index (χ4n) is 1.64. The van der Waals surface area contributed by atoms with E-state index in [-0.39, 0.29) is 5.75 Å². The van der Waals surface area contributed by atoms with Crippen molar-refractivity contribution in [3.8, 4) is 5.75 Å². The third kappa shape index (κ3) is 3.17. The number of nitrogens with one attached hydrogen (secondary N) is 1. The molecule has 16 heavy (non-hydrogen) atoms. The number of alkyl halides is 2. The van der Waals surface area contributed by atoms with Crippen LogP contribution in [0.1, 0.15) is 18.9 Å². The molecule has 1 saturated carbocycles. The number of hydrogen-bond donors (Lipinski definition) is 1. The summed E-state index contributed by atoms with van der Waals surface area (Å²) in [6.07, 6.45) is 1.23. The molecule has 1 aromatic rings. The van der Waals surface area contributed by atoms with Crippen molar-refractivity contribution in [2.45, 2.75) is 32.5 Å². The molecule has 4 heteroatoms. The second kappa shape index (κ2) is 4.78. The van der Waals surface area contributed by atoms with Crippen LogP contribution in [0.2, 0.25) is 0 Å². The second-order valence-corrected chi connectivity index (χ2v) is 4.22. The van der Waals surface area contributed by atoms with Gasteiger partial charge < -0.3 is 10.1 Å². The van der Waals surface area contributed by atoms with Gasteiger partial charge >= 0.3 is 6.61 Å². The van der Waals surface area contributed by atoms with Gasteiger partial charge in [0.25, 0.3) is 0 Å². The Morgan fingerprint density at radius 3 is 2.50 bits per heavy atom. The number of halogens is 2. The quantitative estimate of drug-likeness (QED) is 0.835. The van der Waals surface area contributed by atoms with E-state index in [4.69, 9.17) is 0 Å². The Morgan fingerprint density at radius 2 is 2.00 bits per heavy atom. The van der Waals surface area contributed by atoms with E-state index in [0.29, 0.717) is 6.04 Å². The van der Waals surface area contributed by atoms with Crippen LogP contribution in [0.4, 0.5) is 8.78 Å². The van der Waals surface area contributed by atoms with Crippen LogP contribution in [0.25, 0.3) is 0 Å². The molecule has 1 aromatic carbocycles. The van der Waals surface area contributed by atoms with Crippen molar-refractivity contribution in [3.63, 3.8) is 0 Å². The maximum absolute atomic E-state index is 11.9. The van der Waals surface area contributed by atoms with Crippen molar-refractivity contribution in [2.75, 3.05) is 0 Å². The lowest BCUT2D eigenvalue weighted by Crippen LogP contribution is -2.16. The topological polar surface area (TPSA) is 21.3 Å². The third-order valence-corrected chi connectivity index (χ3v) is 2.83. The molecule has 2 atom stereocenters. The van der Waals surface area contributed by atoms with E-state index < -0.39 is 6.61 Å². The van der Waals surface area contributed by atoms with Gasteiger partial charge in [-0.05, 0) is 30.0 Å². The Hall–Kier alpha value is -1.16. The highest BCUT2D eigenvalue weighted by atomic mass is 19.3. The SMILES string of the molecule is CC1CC1NCc1ccc(OC(F)F)cc1. The normalized spacial score (nSPS) is 23.5. The zero-order chi connectivity index (χ0) is 11.5. The fourth-order valence-corrected chi connectivity index (χ4v) is 1.64. The van der Waals surface area contributed by atoms with Gasteiger partial charge in [-0.15, -0.1) is 0 Å². The van der Waals surface area contributed by atoms with Gasteiger partial charge in [-0.25, -0.2) is 0 Å². The van der Waals surface area contributed by atoms with Crippen molar-refractivity contribution in [2.24, 2.45) is 5.92 Å². The molecule has 2 unspecified atom stereocenters. The van der Waals surface area contributed by atoms with Crippen LogP contribution in [-0.2, 0) is 6.54 Å². The summed E-state index contributed by atoms with van der Waals surface area (Å²) in [7, 11) is 0. The smallest absolute Gasteiger partial charge is 0.387 e. The Balaban J connectivity index is 1.82. The molecule has 2 rings (SSSR count). The Bertz CT molecular complexity index is 339. The van der Waals surface area contributed by atoms with Crippen LogP contribution < -0.4 is 10.1 Å². The second-order valence-electron chi connectivity index (χ2n) is 4.22. The fraction of sp³-hybridized carbons (Fsp3) is 0.500. The van der Waals surface area contributed by atoms with Crippen molar-refractivity contribution in [3.05, 3.63) is 29.8 Å². The first-order chi connectivity index (χ1) is 7.65. The van der Waals surface area contributed by atoms with Gasteiger partial charge in [0.15, 0.2) is 0 Å². The summed E-state index contributed by atoms with van der Waals surface area (Å²) < 4.78 is 28.1. The molecule has 88 valence electrons. The minimum absolute atomic E-state index is 0.207. The van der Waals surface area contributed by atoms with Crippen molar-refractivity contribution in [1.29, 1.82) is 0 Å². The van der Waals surface area contributed by atoms with E-state index >= 15 is 0 Å². The molecule has 1 fully saturated rings. The largest absolute Gasteiger partial charge is 0.435 e. The first-order valence-electron chi connectivity index (χ1n) is 5.42. The lowest BCUT2D eigenvalue weighted by molar-refractivity contribution is -0.0498. The maximum atomic E-state index is 11.9. The summed E-state index contributed by atoms with van der Waals surface area (Å²) in [5.41, 5.74) is 1.08. The number of benzene rings is 1. The summed E-state index contributed by atoms with van der Waals surface area (Å²) in [5.74, 6) is 0.972. The van der Waals surface area contributed by atoms with Crippen LogP contribution in [0, 0.1) is 5.92 Å². The van der Waals surface area contributed by atoms with E-state index in [1.807, 2.05) is 0 Å². The first-order valence-corrected chi connectivity index (χ1v) is 5.42. The van der Waals surface area contributed by atoms with E-state index in [9.17, 15) is 8.78 Å². The molecular formula is C12H15F2NO. The van der Waals surface area contributed by atoms with Crippen LogP contribution in [-0.4, -0.2) is 12.7 Å². The van der Waals surface area contributed by atoms with Gasteiger partial charge in [0.05, 0.1) is 0 Å². The summed E-state index contributed by atoms with van der Waals surface area (Å²) in [6.45, 7) is 0.234. The maximum Gasteiger partial charge on any atom is 0.387 e. The van der Waals surface area contributed by atoms with Crippen molar-refractivity contribution in [1.82, 2.24) is 5.32 Å². The highest BCUT2D eigenvalue weighted by Gasteiger charge is 2.31. The lowest BCUT2D eigenvalue weighted by Gasteiger charge is -2.06. The molecule has 0 saturated heterocycles. The average molecular weight is 227 g/mol. The van der Waals surface area contributed by atoms with Crippen molar-refractivity contribution >= 4 is 0 Å². The summed E-state index contributed by atoms with van der Waals surface area (Å²) >= 11 is 0. The minimum Gasteiger partial charge on any atom is -0.435 e. The van der Waals surface area contributed by atoms with E-state index in [2.05, 4.69) is 17.0 Å². The predicted octanol–water partition coefficient (Wildman–Crippen LogP) is 2.79. The highest BCUT2D eigenvalue weighted by molar-refractivity contribution is 5.27. The average Bonchev–Trinajstić information content (AvgIpc) is 2.93. The van der Waals surface area contributed by atoms with Crippen LogP contribution >= 0.6 is 0 Å². The predicted molar refractivity (Wildman–Crippen MR) is 57.5 cm³/mol. The van der Waals surface area contributed by atoms with Crippen LogP contribution in [0.5, 0.6) is 5.75 Å². The molecule has 0 amide bonds. The van der Waals surface area contributed by atoms with Gasteiger partial charge in [0.2, 0.25) is 0 Å². The van der Waals surface area contributed by atoms with Gasteiger partial charge in [-0.2, -0.15) is 8.78 Å². The molecule has 1 aliphatic carbocycles. The van der Waals surface area contributed by atoms with Crippen molar-refractivity contribution < 1.29 is 13.5 Å². The molecule has 0 aromatic heterocycles. The molecule has 0 heterocycles. The van der Waals surface area contributed by atoms with Crippen LogP contribution in [0.15, 0.2) is 24.3 Å². The summed E-state index contributed by atoms with van der Waals surface area (Å²) in [5, 5.41) is 3.39. The monoisotopic (exact) mass is 227 g/mol. The molecule has 0 radical (unpaired) electrons. The molecule has 0 spiro atoms. The highest BCUT2D eigenvalue weighted by Crippen LogP contribution is 2.29. The van der Waals surface area contributed by atoms with E-state index in [0.717, 1.165) is 18.0 Å². The molecule has 0 bridgehead atoms. The van der Waals surface area contributed by atoms with Gasteiger partial charge in [0, 0.05) is 12.6 Å². The Kier molecular flexibility index (Phi) is 3.39. The molecule has 2 nitrogen and oxygen atoms in total. The number of hydrogen-bond acceptors (Lipinski definition) is 2. The minimum atomic E-state index is -2.75. The van der Waals surface area contributed by atoms with Gasteiger partial charge in [-0.1, -0.05) is 19.1 Å². The number of ether oxygens (including phenoxy) is 1. The zero-order valence-electron chi connectivity index (χ0n) is 9.12. The molecule has 0 aliphatic heterocycles. The first kappa shape index (κ1) is 11.3. The summed E-state index contributed by atoms with van der Waals surface area (Å²) in [6, 6.07) is 7.37. The third-order valence-electron chi connectivity index (χ3n) is 2.83. The Labute approximate surface area is 93.6 Å². The van der Waals surface area contributed by atoms with E-state index in [1.54, 1.807) is 24.3 Å². The number of rotatable bonds is 5. The molecule has 1 N–H and O–H groups in total. The molecular weight excluding hydrogens is 212 g/mol. The van der Waals surface area contributed by atoms with Crippen LogP contribution in [0.3, 0.4) is 0 Å². The lowest BCUT2D eigenvalue weighted by atomic mass is 10.2. The van der Waals surface area contributed by atoms with E-state index in [1.165, 1.54) is 6.42 Å². The molecule has 1 aliphatic rings.